The fourth-order valence-electron chi connectivity index (χ4n) is 8.73. The van der Waals surface area contributed by atoms with Gasteiger partial charge in [0, 0.05) is 0 Å². The lowest BCUT2D eigenvalue weighted by Gasteiger charge is -2.59. The van der Waals surface area contributed by atoms with E-state index < -0.39 is 0 Å². The molecule has 1 unspecified atom stereocenters. The average Bonchev–Trinajstić information content (AvgIpc) is 2.99. The number of hydrogen-bond acceptors (Lipinski definition) is 1. The molecule has 0 amide bonds. The van der Waals surface area contributed by atoms with E-state index in [9.17, 15) is 5.11 Å². The first-order valence-corrected chi connectivity index (χ1v) is 12.6. The number of fused-ring (bicyclic) bond motifs is 5. The number of hydrogen-bond donors (Lipinski definition) is 1. The summed E-state index contributed by atoms with van der Waals surface area (Å²) in [5, 5.41) is 10.2. The van der Waals surface area contributed by atoms with Crippen molar-refractivity contribution < 1.29 is 5.11 Å². The van der Waals surface area contributed by atoms with E-state index in [-0.39, 0.29) is 6.10 Å². The molecule has 8 atom stereocenters. The highest BCUT2D eigenvalue weighted by atomic mass is 16.3. The number of rotatable bonds is 5. The van der Waals surface area contributed by atoms with Crippen LogP contribution in [0.4, 0.5) is 0 Å². The Morgan fingerprint density at radius 1 is 0.964 bits per heavy atom. The summed E-state index contributed by atoms with van der Waals surface area (Å²) in [6, 6.07) is 0. The zero-order valence-electron chi connectivity index (χ0n) is 19.3. The van der Waals surface area contributed by atoms with Gasteiger partial charge in [-0.2, -0.15) is 0 Å². The van der Waals surface area contributed by atoms with Gasteiger partial charge in [0.1, 0.15) is 0 Å². The summed E-state index contributed by atoms with van der Waals surface area (Å²) >= 11 is 0. The molecule has 1 nitrogen and oxygen atoms in total. The van der Waals surface area contributed by atoms with E-state index in [0.29, 0.717) is 10.8 Å². The molecule has 4 aliphatic rings. The van der Waals surface area contributed by atoms with Crippen molar-refractivity contribution in [2.75, 3.05) is 0 Å². The first kappa shape index (κ1) is 21.0. The van der Waals surface area contributed by atoms with E-state index in [4.69, 9.17) is 0 Å². The molecule has 0 aromatic rings. The minimum absolute atomic E-state index is 0.170. The molecule has 28 heavy (non-hydrogen) atoms. The van der Waals surface area contributed by atoms with Crippen LogP contribution in [0.3, 0.4) is 0 Å². The predicted octanol–water partition coefficient (Wildman–Crippen LogP) is 7.39. The summed E-state index contributed by atoms with van der Waals surface area (Å²) in [4.78, 5) is 0. The van der Waals surface area contributed by atoms with Gasteiger partial charge in [-0.05, 0) is 97.7 Å². The Balaban J connectivity index is 1.48. The largest absolute Gasteiger partial charge is 0.389 e. The second-order valence-corrected chi connectivity index (χ2v) is 12.2. The maximum atomic E-state index is 10.2. The van der Waals surface area contributed by atoms with Gasteiger partial charge in [-0.25, -0.2) is 0 Å². The Morgan fingerprint density at radius 3 is 2.50 bits per heavy atom. The second-order valence-electron chi connectivity index (χ2n) is 12.2. The van der Waals surface area contributed by atoms with Crippen LogP contribution in [0.2, 0.25) is 0 Å². The molecule has 0 aromatic heterocycles. The first-order chi connectivity index (χ1) is 13.3. The van der Waals surface area contributed by atoms with Crippen molar-refractivity contribution in [3.8, 4) is 0 Å². The SMILES string of the molecule is CC(C)CCC[C@@H](C)[C@H]1CC[C@H]2[C@@H]3CCC4=CC(O)CC[C@]4(C)[C@H]3CC[C@]12C. The highest BCUT2D eigenvalue weighted by molar-refractivity contribution is 5.25. The third-order valence-electron chi connectivity index (χ3n) is 10.3. The topological polar surface area (TPSA) is 20.2 Å². The third kappa shape index (κ3) is 3.42. The van der Waals surface area contributed by atoms with Crippen LogP contribution >= 0.6 is 0 Å². The zero-order valence-corrected chi connectivity index (χ0v) is 19.3. The highest BCUT2D eigenvalue weighted by Gasteiger charge is 2.59. The molecule has 0 aromatic carbocycles. The van der Waals surface area contributed by atoms with Crippen LogP contribution in [0.5, 0.6) is 0 Å². The van der Waals surface area contributed by atoms with Crippen LogP contribution in [0, 0.1) is 46.3 Å². The molecule has 0 radical (unpaired) electrons. The molecule has 1 heteroatoms. The summed E-state index contributed by atoms with van der Waals surface area (Å²) < 4.78 is 0. The lowest BCUT2D eigenvalue weighted by molar-refractivity contribution is -0.0626. The van der Waals surface area contributed by atoms with Gasteiger partial charge in [0.05, 0.1) is 6.10 Å². The summed E-state index contributed by atoms with van der Waals surface area (Å²) in [6.07, 6.45) is 17.1. The van der Waals surface area contributed by atoms with E-state index in [0.717, 1.165) is 41.9 Å². The Hall–Kier alpha value is -0.300. The van der Waals surface area contributed by atoms with Gasteiger partial charge in [-0.15, -0.1) is 0 Å². The van der Waals surface area contributed by atoms with Gasteiger partial charge in [0.25, 0.3) is 0 Å². The van der Waals surface area contributed by atoms with Crippen LogP contribution in [-0.4, -0.2) is 11.2 Å². The standard InChI is InChI=1S/C27H46O/c1-18(2)7-6-8-19(3)23-11-12-24-22-10-9-20-17-21(28)13-15-26(20,4)25(22)14-16-27(23,24)5/h17-19,21-25,28H,6-16H2,1-5H3/t19-,21?,22+,23-,24+,25+,26+,27-/m1/s1. The third-order valence-corrected chi connectivity index (χ3v) is 10.3. The predicted molar refractivity (Wildman–Crippen MR) is 119 cm³/mol. The van der Waals surface area contributed by atoms with Crippen LogP contribution < -0.4 is 0 Å². The number of allylic oxidation sites excluding steroid dienone is 1. The molecule has 0 aliphatic heterocycles. The quantitative estimate of drug-likeness (QED) is 0.488. The Labute approximate surface area is 174 Å². The molecule has 3 fully saturated rings. The monoisotopic (exact) mass is 386 g/mol. The van der Waals surface area contributed by atoms with Crippen molar-refractivity contribution in [1.29, 1.82) is 0 Å². The lowest BCUT2D eigenvalue weighted by Crippen LogP contribution is -2.51. The van der Waals surface area contributed by atoms with E-state index in [1.807, 2.05) is 0 Å². The smallest absolute Gasteiger partial charge is 0.0724 e. The van der Waals surface area contributed by atoms with Crippen molar-refractivity contribution >= 4 is 0 Å². The summed E-state index contributed by atoms with van der Waals surface area (Å²) in [6.45, 7) is 12.6. The highest BCUT2D eigenvalue weighted by Crippen LogP contribution is 2.67. The Morgan fingerprint density at radius 2 is 1.75 bits per heavy atom. The summed E-state index contributed by atoms with van der Waals surface area (Å²) in [7, 11) is 0. The molecular formula is C27H46O. The summed E-state index contributed by atoms with van der Waals surface area (Å²) in [5.74, 6) is 5.52. The minimum atomic E-state index is -0.170. The van der Waals surface area contributed by atoms with Gasteiger partial charge >= 0.3 is 0 Å². The lowest BCUT2D eigenvalue weighted by atomic mass is 9.46. The normalized spacial score (nSPS) is 46.5. The van der Waals surface area contributed by atoms with Crippen LogP contribution in [0.15, 0.2) is 11.6 Å². The maximum Gasteiger partial charge on any atom is 0.0724 e. The zero-order chi connectivity index (χ0) is 20.1. The fraction of sp³-hybridized carbons (Fsp3) is 0.926. The van der Waals surface area contributed by atoms with Crippen LogP contribution in [-0.2, 0) is 0 Å². The molecule has 0 heterocycles. The van der Waals surface area contributed by atoms with Gasteiger partial charge < -0.3 is 5.11 Å². The molecular weight excluding hydrogens is 340 g/mol. The fourth-order valence-corrected chi connectivity index (χ4v) is 8.73. The van der Waals surface area contributed by atoms with Gasteiger partial charge in [-0.1, -0.05) is 65.5 Å². The molecule has 3 saturated carbocycles. The van der Waals surface area contributed by atoms with Crippen molar-refractivity contribution in [3.05, 3.63) is 11.6 Å². The van der Waals surface area contributed by atoms with Crippen molar-refractivity contribution in [3.63, 3.8) is 0 Å². The molecule has 160 valence electrons. The van der Waals surface area contributed by atoms with Crippen LogP contribution in [0.1, 0.15) is 105 Å². The minimum Gasteiger partial charge on any atom is -0.389 e. The molecule has 0 spiro atoms. The maximum absolute atomic E-state index is 10.2. The Kier molecular flexibility index (Phi) is 5.80. The Bertz CT molecular complexity index is 591. The van der Waals surface area contributed by atoms with Crippen LogP contribution in [0.25, 0.3) is 0 Å². The second kappa shape index (κ2) is 7.75. The molecule has 0 bridgehead atoms. The van der Waals surface area contributed by atoms with Gasteiger partial charge in [0.2, 0.25) is 0 Å². The molecule has 1 N–H and O–H groups in total. The first-order valence-electron chi connectivity index (χ1n) is 12.6. The van der Waals surface area contributed by atoms with Crippen molar-refractivity contribution in [2.45, 2.75) is 111 Å². The molecule has 0 saturated heterocycles. The molecule has 4 aliphatic carbocycles. The van der Waals surface area contributed by atoms with E-state index in [2.05, 4.69) is 40.7 Å². The number of aliphatic hydroxyl groups is 1. The van der Waals surface area contributed by atoms with E-state index >= 15 is 0 Å². The average molecular weight is 387 g/mol. The van der Waals surface area contributed by atoms with Crippen molar-refractivity contribution in [1.82, 2.24) is 0 Å². The van der Waals surface area contributed by atoms with Gasteiger partial charge in [0.15, 0.2) is 0 Å². The summed E-state index contributed by atoms with van der Waals surface area (Å²) in [5.41, 5.74) is 2.61. The number of aliphatic hydroxyl groups excluding tert-OH is 1. The van der Waals surface area contributed by atoms with E-state index in [1.54, 1.807) is 5.57 Å². The van der Waals surface area contributed by atoms with E-state index in [1.165, 1.54) is 64.2 Å². The van der Waals surface area contributed by atoms with Gasteiger partial charge in [-0.3, -0.25) is 0 Å². The molecule has 4 rings (SSSR count). The van der Waals surface area contributed by atoms with Crippen molar-refractivity contribution in [2.24, 2.45) is 46.3 Å².